The Hall–Kier alpha value is -0.940. The first-order valence-electron chi connectivity index (χ1n) is 3.41. The number of nitro groups is 1. The highest BCUT2D eigenvalue weighted by molar-refractivity contribution is 14.1. The van der Waals surface area contributed by atoms with Crippen LogP contribution in [0.4, 0.5) is 5.69 Å². The largest absolute Gasteiger partial charge is 0.506 e. The standard InChI is InChI=1S/C6H4INO6S/c7-14-15(12,13)6-2-1-4(8(10)11)3-5(6)9/h1-3,9H. The first kappa shape index (κ1) is 12.1. The number of non-ortho nitro benzene ring substituents is 1. The van der Waals surface area contributed by atoms with Gasteiger partial charge in [-0.25, -0.2) is 0 Å². The molecule has 1 aromatic rings. The van der Waals surface area contributed by atoms with E-state index in [9.17, 15) is 23.6 Å². The zero-order valence-electron chi connectivity index (χ0n) is 6.95. The van der Waals surface area contributed by atoms with Gasteiger partial charge in [0.25, 0.3) is 5.69 Å². The van der Waals surface area contributed by atoms with Gasteiger partial charge in [-0.05, 0) is 6.07 Å². The molecule has 0 aliphatic carbocycles. The summed E-state index contributed by atoms with van der Waals surface area (Å²) in [6.07, 6.45) is 0. The van der Waals surface area contributed by atoms with Crippen molar-refractivity contribution < 1.29 is 21.0 Å². The molecule has 1 aromatic carbocycles. The molecule has 15 heavy (non-hydrogen) atoms. The van der Waals surface area contributed by atoms with Crippen molar-refractivity contribution in [2.24, 2.45) is 0 Å². The average molecular weight is 345 g/mol. The second-order valence-corrected chi connectivity index (χ2v) is 4.98. The Labute approximate surface area is 98.6 Å². The first-order valence-corrected chi connectivity index (χ1v) is 5.70. The van der Waals surface area contributed by atoms with Gasteiger partial charge in [-0.15, -0.1) is 0 Å². The minimum absolute atomic E-state index is 0.403. The van der Waals surface area contributed by atoms with Crippen molar-refractivity contribution in [2.75, 3.05) is 0 Å². The number of rotatable bonds is 3. The molecule has 0 saturated carbocycles. The fourth-order valence-electron chi connectivity index (χ4n) is 0.865. The molecule has 0 spiro atoms. The average Bonchev–Trinajstić information content (AvgIpc) is 2.17. The van der Waals surface area contributed by atoms with Crippen LogP contribution >= 0.6 is 23.0 Å². The fourth-order valence-corrected chi connectivity index (χ4v) is 2.06. The second-order valence-electron chi connectivity index (χ2n) is 2.43. The van der Waals surface area contributed by atoms with Gasteiger partial charge >= 0.3 is 10.1 Å². The van der Waals surface area contributed by atoms with Crippen molar-refractivity contribution in [2.45, 2.75) is 4.90 Å². The highest BCUT2D eigenvalue weighted by atomic mass is 127. The van der Waals surface area contributed by atoms with Crippen LogP contribution in [0, 0.1) is 10.1 Å². The van der Waals surface area contributed by atoms with Gasteiger partial charge in [-0.1, -0.05) is 0 Å². The summed E-state index contributed by atoms with van der Waals surface area (Å²) in [6.45, 7) is 0. The Morgan fingerprint density at radius 3 is 2.47 bits per heavy atom. The van der Waals surface area contributed by atoms with Gasteiger partial charge in [0.1, 0.15) is 33.7 Å². The maximum atomic E-state index is 11.1. The number of nitro benzene ring substituents is 1. The summed E-state index contributed by atoms with van der Waals surface area (Å²) in [5.41, 5.74) is -0.403. The Morgan fingerprint density at radius 1 is 1.47 bits per heavy atom. The maximum Gasteiger partial charge on any atom is 0.309 e. The third-order valence-electron chi connectivity index (χ3n) is 1.51. The molecule has 0 atom stereocenters. The van der Waals surface area contributed by atoms with E-state index in [1.807, 2.05) is 0 Å². The SMILES string of the molecule is O=[N+]([O-])c1ccc(S(=O)(=O)OI)c(O)c1. The van der Waals surface area contributed by atoms with E-state index in [1.165, 1.54) is 0 Å². The number of hydrogen-bond donors (Lipinski definition) is 1. The summed E-state index contributed by atoms with van der Waals surface area (Å²) in [5, 5.41) is 19.5. The quantitative estimate of drug-likeness (QED) is 0.504. The number of aromatic hydroxyl groups is 1. The molecule has 0 fully saturated rings. The van der Waals surface area contributed by atoms with E-state index < -0.39 is 31.4 Å². The summed E-state index contributed by atoms with van der Waals surface area (Å²) < 4.78 is 26.4. The van der Waals surface area contributed by atoms with Crippen LogP contribution in [-0.4, -0.2) is 18.4 Å². The molecular weight excluding hydrogens is 341 g/mol. The van der Waals surface area contributed by atoms with Gasteiger partial charge in [0.2, 0.25) is 0 Å². The molecule has 1 N–H and O–H groups in total. The number of phenolic OH excluding ortho intramolecular Hbond substituents is 1. The third kappa shape index (κ3) is 2.54. The van der Waals surface area contributed by atoms with E-state index in [2.05, 4.69) is 2.51 Å². The zero-order chi connectivity index (χ0) is 11.6. The molecule has 82 valence electrons. The monoisotopic (exact) mass is 345 g/mol. The van der Waals surface area contributed by atoms with E-state index >= 15 is 0 Å². The Balaban J connectivity index is 3.32. The normalized spacial score (nSPS) is 11.3. The summed E-state index contributed by atoms with van der Waals surface area (Å²) in [6, 6.07) is 2.60. The Bertz CT molecular complexity index is 498. The molecular formula is C6H4INO6S. The van der Waals surface area contributed by atoms with Crippen molar-refractivity contribution in [3.05, 3.63) is 28.3 Å². The van der Waals surface area contributed by atoms with Crippen LogP contribution in [0.3, 0.4) is 0 Å². The number of phenols is 1. The number of benzene rings is 1. The predicted molar refractivity (Wildman–Crippen MR) is 57.1 cm³/mol. The number of halogens is 1. The van der Waals surface area contributed by atoms with Crippen molar-refractivity contribution >= 4 is 38.8 Å². The van der Waals surface area contributed by atoms with Gasteiger partial charge in [-0.2, -0.15) is 10.9 Å². The summed E-state index contributed by atoms with van der Waals surface area (Å²) in [5.74, 6) is -0.721. The Kier molecular flexibility index (Phi) is 3.46. The molecule has 0 amide bonds. The van der Waals surface area contributed by atoms with Crippen LogP contribution in [0.15, 0.2) is 23.1 Å². The summed E-state index contributed by atoms with van der Waals surface area (Å²) in [7, 11) is -4.06. The van der Waals surface area contributed by atoms with Gasteiger partial charge in [0.05, 0.1) is 11.0 Å². The lowest BCUT2D eigenvalue weighted by Gasteiger charge is -2.01. The molecule has 0 unspecified atom stereocenters. The van der Waals surface area contributed by atoms with Crippen LogP contribution in [-0.2, 0) is 12.6 Å². The van der Waals surface area contributed by atoms with Crippen LogP contribution in [0.1, 0.15) is 0 Å². The lowest BCUT2D eigenvalue weighted by Crippen LogP contribution is -2.00. The highest BCUT2D eigenvalue weighted by Gasteiger charge is 2.21. The molecule has 0 radical (unpaired) electrons. The molecule has 7 nitrogen and oxygen atoms in total. The van der Waals surface area contributed by atoms with E-state index in [0.717, 1.165) is 41.2 Å². The molecule has 0 aliphatic heterocycles. The number of nitrogens with zero attached hydrogens (tertiary/aromatic N) is 1. The van der Waals surface area contributed by atoms with Gasteiger partial charge < -0.3 is 5.11 Å². The third-order valence-corrected chi connectivity index (χ3v) is 3.98. The second kappa shape index (κ2) is 4.28. The molecule has 0 saturated heterocycles. The molecule has 0 bridgehead atoms. The Morgan fingerprint density at radius 2 is 2.07 bits per heavy atom. The summed E-state index contributed by atoms with van der Waals surface area (Å²) in [4.78, 5) is 9.04. The molecule has 0 aliphatic rings. The maximum absolute atomic E-state index is 11.1. The van der Waals surface area contributed by atoms with Crippen molar-refractivity contribution in [3.63, 3.8) is 0 Å². The number of hydrogen-bond acceptors (Lipinski definition) is 6. The molecule has 9 heteroatoms. The van der Waals surface area contributed by atoms with Crippen molar-refractivity contribution in [1.29, 1.82) is 0 Å². The lowest BCUT2D eigenvalue weighted by molar-refractivity contribution is -0.385. The minimum Gasteiger partial charge on any atom is -0.506 e. The van der Waals surface area contributed by atoms with Crippen LogP contribution in [0.2, 0.25) is 0 Å². The topological polar surface area (TPSA) is 107 Å². The van der Waals surface area contributed by atoms with Crippen LogP contribution in [0.25, 0.3) is 0 Å². The first-order chi connectivity index (χ1) is 6.88. The van der Waals surface area contributed by atoms with Crippen molar-refractivity contribution in [3.8, 4) is 5.75 Å². The molecule has 0 aromatic heterocycles. The molecule has 1 rings (SSSR count). The van der Waals surface area contributed by atoms with Crippen LogP contribution < -0.4 is 0 Å². The smallest absolute Gasteiger partial charge is 0.309 e. The van der Waals surface area contributed by atoms with E-state index in [0.29, 0.717) is 0 Å². The summed E-state index contributed by atoms with van der Waals surface area (Å²) >= 11 is 1.14. The minimum atomic E-state index is -4.06. The highest BCUT2D eigenvalue weighted by Crippen LogP contribution is 2.29. The van der Waals surface area contributed by atoms with Gasteiger partial charge in [-0.3, -0.25) is 10.1 Å². The lowest BCUT2D eigenvalue weighted by atomic mass is 10.3. The van der Waals surface area contributed by atoms with Gasteiger partial charge in [0.15, 0.2) is 0 Å². The molecule has 0 heterocycles. The van der Waals surface area contributed by atoms with Crippen molar-refractivity contribution in [1.82, 2.24) is 0 Å². The van der Waals surface area contributed by atoms with Crippen LogP contribution in [0.5, 0.6) is 5.75 Å². The predicted octanol–water partition coefficient (Wildman–Crippen LogP) is 1.36. The van der Waals surface area contributed by atoms with E-state index in [4.69, 9.17) is 0 Å². The van der Waals surface area contributed by atoms with E-state index in [-0.39, 0.29) is 0 Å². The van der Waals surface area contributed by atoms with Gasteiger partial charge in [0, 0.05) is 6.07 Å². The zero-order valence-corrected chi connectivity index (χ0v) is 9.93. The fraction of sp³-hybridized carbons (Fsp3) is 0. The van der Waals surface area contributed by atoms with E-state index in [1.54, 1.807) is 0 Å².